The zero-order chi connectivity index (χ0) is 41.7. The minimum Gasteiger partial charge on any atom is -0.458 e. The molecule has 56 heavy (non-hydrogen) atoms. The lowest BCUT2D eigenvalue weighted by atomic mass is 9.72. The van der Waals surface area contributed by atoms with Crippen molar-refractivity contribution in [3.8, 4) is 0 Å². The molecule has 5 aliphatic heterocycles. The van der Waals surface area contributed by atoms with E-state index in [2.05, 4.69) is 13.8 Å². The minimum absolute atomic E-state index is 0.160. The molecule has 5 rings (SSSR count). The van der Waals surface area contributed by atoms with E-state index in [9.17, 15) is 19.8 Å². The quantitative estimate of drug-likeness (QED) is 0.341. The number of amides is 1. The summed E-state index contributed by atoms with van der Waals surface area (Å²) in [6, 6.07) is -0.686. The molecule has 0 aliphatic carbocycles. The van der Waals surface area contributed by atoms with Crippen LogP contribution in [0.15, 0.2) is 4.99 Å². The first-order valence-electron chi connectivity index (χ1n) is 20.6. The number of esters is 1. The fourth-order valence-electron chi connectivity index (χ4n) is 10.5. The Hall–Kier alpha value is -1.95. The lowest BCUT2D eigenvalue weighted by molar-refractivity contribution is -0.319. The van der Waals surface area contributed by atoms with Gasteiger partial charge in [0.2, 0.25) is 0 Å². The zero-order valence-electron chi connectivity index (χ0n) is 36.2. The number of fused-ring (bicyclic) bond motifs is 1. The average Bonchev–Trinajstić information content (AvgIpc) is 3.27. The number of ether oxygens (including phenoxy) is 8. The molecule has 5 heterocycles. The number of carbonyl (C=O) groups is 2. The number of methoxy groups -OCH3 is 2. The second kappa shape index (κ2) is 17.3. The van der Waals surface area contributed by atoms with Crippen LogP contribution in [0, 0.1) is 23.7 Å². The van der Waals surface area contributed by atoms with E-state index in [1.54, 1.807) is 33.0 Å². The summed E-state index contributed by atoms with van der Waals surface area (Å²) in [5.41, 5.74) is -2.31. The molecular weight excluding hydrogens is 726 g/mol. The normalized spacial score (nSPS) is 48.1. The van der Waals surface area contributed by atoms with Crippen LogP contribution in [0.5, 0.6) is 0 Å². The van der Waals surface area contributed by atoms with Crippen molar-refractivity contribution in [1.29, 1.82) is 0 Å². The second-order valence-electron chi connectivity index (χ2n) is 18.1. The van der Waals surface area contributed by atoms with Crippen molar-refractivity contribution in [3.05, 3.63) is 0 Å². The number of aliphatic hydroxyl groups excluding tert-OH is 2. The number of cyclic esters (lactones) is 1. The van der Waals surface area contributed by atoms with Crippen LogP contribution in [0.25, 0.3) is 0 Å². The SMILES string of the molecule is CCC1OC(=O)[C@H](C)C(O[C@H]2C[C@@](C)(OC)[C@@H](O)[C@H](C)O2)[C@H](C)[C@@H](O[C@@H]2O[C@H](C)C[C@H](N(C)C)[C@H]2O)[C@](C)(OC)C[C@@H](C)C2=NCCN3C(=O)O[C@@]1(C)[C@H]3[C@H]2C. The van der Waals surface area contributed by atoms with Crippen LogP contribution in [0.1, 0.15) is 94.9 Å². The van der Waals surface area contributed by atoms with Gasteiger partial charge in [0.15, 0.2) is 18.2 Å². The number of likely N-dealkylation sites (N-methyl/N-ethyl adjacent to an activating group) is 1. The maximum Gasteiger partial charge on any atom is 0.410 e. The van der Waals surface area contributed by atoms with Gasteiger partial charge in [-0.05, 0) is 80.8 Å². The summed E-state index contributed by atoms with van der Waals surface area (Å²) in [5, 5.41) is 22.8. The van der Waals surface area contributed by atoms with Gasteiger partial charge in [0.1, 0.15) is 18.3 Å². The third-order valence-corrected chi connectivity index (χ3v) is 13.8. The lowest BCUT2D eigenvalue weighted by Gasteiger charge is -2.50. The zero-order valence-corrected chi connectivity index (χ0v) is 36.2. The van der Waals surface area contributed by atoms with E-state index in [4.69, 9.17) is 42.9 Å². The molecule has 15 heteroatoms. The number of aliphatic hydroxyl groups is 2. The van der Waals surface area contributed by atoms with Crippen LogP contribution in [0.2, 0.25) is 0 Å². The summed E-state index contributed by atoms with van der Waals surface area (Å²) < 4.78 is 51.5. The summed E-state index contributed by atoms with van der Waals surface area (Å²) >= 11 is 0. The first kappa shape index (κ1) is 45.1. The van der Waals surface area contributed by atoms with Crippen molar-refractivity contribution < 1.29 is 57.7 Å². The molecule has 0 spiro atoms. The molecule has 0 aromatic rings. The molecule has 15 nitrogen and oxygen atoms in total. The van der Waals surface area contributed by atoms with Gasteiger partial charge < -0.3 is 53.0 Å². The molecule has 0 radical (unpaired) electrons. The monoisotopic (exact) mass is 798 g/mol. The van der Waals surface area contributed by atoms with Gasteiger partial charge >= 0.3 is 12.1 Å². The summed E-state index contributed by atoms with van der Waals surface area (Å²) in [4.78, 5) is 37.0. The number of rotatable bonds is 8. The average molecular weight is 798 g/mol. The fourth-order valence-corrected chi connectivity index (χ4v) is 10.5. The van der Waals surface area contributed by atoms with Gasteiger partial charge in [-0.25, -0.2) is 4.79 Å². The Bertz CT molecular complexity index is 1420. The molecule has 0 aromatic heterocycles. The van der Waals surface area contributed by atoms with Crippen molar-refractivity contribution in [2.45, 2.75) is 179 Å². The summed E-state index contributed by atoms with van der Waals surface area (Å²) in [7, 11) is 7.03. The molecule has 1 amide bonds. The van der Waals surface area contributed by atoms with Crippen LogP contribution < -0.4 is 0 Å². The second-order valence-corrected chi connectivity index (χ2v) is 18.1. The highest BCUT2D eigenvalue weighted by Crippen LogP contribution is 2.45. The van der Waals surface area contributed by atoms with Gasteiger partial charge in [0.05, 0.1) is 54.1 Å². The van der Waals surface area contributed by atoms with E-state index >= 15 is 0 Å². The highest BCUT2D eigenvalue weighted by Gasteiger charge is 2.61. The standard InChI is InChI=1S/C41H71N3O12/c1-15-28-41(10)33-23(4)30(42-16-17-44(33)38(48)56-41)21(2)19-40(9,50-14)35(55-37-31(45)27(43(11)12)18-22(3)51-37)24(5)32(25(6)36(47)53-28)54-29-20-39(8,49-13)34(46)26(7)52-29/h21-29,31-35,37,45-46H,15-20H2,1-14H3/t21-,22-,23+,24+,25-,26+,27+,28?,29+,31-,32?,33-,34+,35-,37+,39-,40-,41-/m1/s1. The van der Waals surface area contributed by atoms with Gasteiger partial charge in [-0.15, -0.1) is 0 Å². The van der Waals surface area contributed by atoms with Crippen LogP contribution in [0.3, 0.4) is 0 Å². The first-order valence-corrected chi connectivity index (χ1v) is 20.6. The molecule has 2 bridgehead atoms. The lowest BCUT2D eigenvalue weighted by Crippen LogP contribution is -2.61. The van der Waals surface area contributed by atoms with Crippen LogP contribution in [-0.4, -0.2) is 163 Å². The predicted molar refractivity (Wildman–Crippen MR) is 207 cm³/mol. The van der Waals surface area contributed by atoms with E-state index in [0.717, 1.165) is 5.71 Å². The highest BCUT2D eigenvalue weighted by molar-refractivity contribution is 5.91. The Balaban J connectivity index is 1.65. The molecule has 2 N–H and O–H groups in total. The van der Waals surface area contributed by atoms with E-state index < -0.39 is 95.9 Å². The summed E-state index contributed by atoms with van der Waals surface area (Å²) in [6.45, 7) is 19.9. The van der Waals surface area contributed by atoms with E-state index in [1.807, 2.05) is 60.5 Å². The van der Waals surface area contributed by atoms with Crippen molar-refractivity contribution in [3.63, 3.8) is 0 Å². The third-order valence-electron chi connectivity index (χ3n) is 13.8. The molecule has 4 fully saturated rings. The number of aliphatic imine (C=N–C) groups is 1. The van der Waals surface area contributed by atoms with Crippen molar-refractivity contribution in [2.24, 2.45) is 28.7 Å². The maximum absolute atomic E-state index is 14.6. The molecule has 322 valence electrons. The van der Waals surface area contributed by atoms with Crippen molar-refractivity contribution in [2.75, 3.05) is 41.4 Å². The Morgan fingerprint density at radius 1 is 0.929 bits per heavy atom. The van der Waals surface area contributed by atoms with Gasteiger partial charge in [-0.3, -0.25) is 14.7 Å². The number of nitrogens with zero attached hydrogens (tertiary/aromatic N) is 3. The molecule has 4 saturated heterocycles. The smallest absolute Gasteiger partial charge is 0.410 e. The van der Waals surface area contributed by atoms with Gasteiger partial charge in [-0.2, -0.15) is 0 Å². The summed E-state index contributed by atoms with van der Waals surface area (Å²) in [6.07, 6.45) is -6.03. The van der Waals surface area contributed by atoms with E-state index in [1.165, 1.54) is 0 Å². The summed E-state index contributed by atoms with van der Waals surface area (Å²) in [5.74, 6) is -2.46. The third kappa shape index (κ3) is 8.40. The predicted octanol–water partition coefficient (Wildman–Crippen LogP) is 3.79. The number of carbonyl (C=O) groups excluding carboxylic acids is 2. The molecule has 2 unspecified atom stereocenters. The fraction of sp³-hybridized carbons (Fsp3) is 0.927. The molecule has 18 atom stereocenters. The van der Waals surface area contributed by atoms with Gasteiger partial charge in [0, 0.05) is 50.8 Å². The largest absolute Gasteiger partial charge is 0.458 e. The minimum atomic E-state index is -1.17. The molecule has 0 saturated carbocycles. The Kier molecular flexibility index (Phi) is 14.0. The highest BCUT2D eigenvalue weighted by atomic mass is 16.7. The van der Waals surface area contributed by atoms with E-state index in [-0.39, 0.29) is 30.4 Å². The first-order chi connectivity index (χ1) is 26.2. The molecule has 0 aromatic carbocycles. The van der Waals surface area contributed by atoms with Crippen molar-refractivity contribution in [1.82, 2.24) is 9.80 Å². The van der Waals surface area contributed by atoms with Crippen LogP contribution >= 0.6 is 0 Å². The van der Waals surface area contributed by atoms with E-state index in [0.29, 0.717) is 32.4 Å². The maximum atomic E-state index is 14.6. The van der Waals surface area contributed by atoms with Gasteiger partial charge in [-0.1, -0.05) is 27.7 Å². The molecule has 5 aliphatic rings. The van der Waals surface area contributed by atoms with Crippen LogP contribution in [0.4, 0.5) is 4.79 Å². The van der Waals surface area contributed by atoms with Gasteiger partial charge in [0.25, 0.3) is 0 Å². The Morgan fingerprint density at radius 2 is 1.59 bits per heavy atom. The van der Waals surface area contributed by atoms with Crippen LogP contribution in [-0.2, 0) is 42.7 Å². The topological polar surface area (TPSA) is 167 Å². The number of hydrogen-bond acceptors (Lipinski definition) is 14. The van der Waals surface area contributed by atoms with Crippen molar-refractivity contribution >= 4 is 17.8 Å². The Labute approximate surface area is 334 Å². The Morgan fingerprint density at radius 3 is 2.20 bits per heavy atom. The molecular formula is C41H71N3O12. The number of hydrogen-bond donors (Lipinski definition) is 2.